The number of rotatable bonds is 9. The van der Waals surface area contributed by atoms with Crippen molar-refractivity contribution >= 4 is 15.9 Å². The molecule has 1 fully saturated rings. The summed E-state index contributed by atoms with van der Waals surface area (Å²) >= 11 is 0. The summed E-state index contributed by atoms with van der Waals surface area (Å²) in [5.41, 5.74) is 1.73. The van der Waals surface area contributed by atoms with Crippen LogP contribution in [-0.4, -0.2) is 51.4 Å². The van der Waals surface area contributed by atoms with Crippen LogP contribution in [0.1, 0.15) is 50.2 Å². The number of nitrogens with one attached hydrogen (secondary N) is 2. The molecule has 1 amide bonds. The van der Waals surface area contributed by atoms with E-state index in [9.17, 15) is 13.2 Å². The molecule has 0 aromatic heterocycles. The Morgan fingerprint density at radius 3 is 2.70 bits per heavy atom. The molecule has 1 aliphatic rings. The average Bonchev–Trinajstić information content (AvgIpc) is 2.59. The number of nitrogens with zero attached hydrogens (tertiary/aromatic N) is 1. The molecule has 27 heavy (non-hydrogen) atoms. The Morgan fingerprint density at radius 2 is 2.00 bits per heavy atom. The lowest BCUT2D eigenvalue weighted by Crippen LogP contribution is -2.39. The van der Waals surface area contributed by atoms with E-state index in [1.807, 2.05) is 13.0 Å². The van der Waals surface area contributed by atoms with Crippen molar-refractivity contribution in [3.8, 4) is 0 Å². The van der Waals surface area contributed by atoms with Crippen LogP contribution in [-0.2, 0) is 14.8 Å². The summed E-state index contributed by atoms with van der Waals surface area (Å²) in [6.07, 6.45) is 4.89. The number of hydrogen-bond acceptors (Lipinski definition) is 4. The summed E-state index contributed by atoms with van der Waals surface area (Å²) in [5, 5.41) is 2.88. The number of carbonyl (C=O) groups is 1. The van der Waals surface area contributed by atoms with Gasteiger partial charge < -0.3 is 10.2 Å². The van der Waals surface area contributed by atoms with Crippen molar-refractivity contribution in [1.82, 2.24) is 14.9 Å². The predicted molar refractivity (Wildman–Crippen MR) is 108 cm³/mol. The molecular weight excluding hydrogens is 362 g/mol. The van der Waals surface area contributed by atoms with E-state index in [0.29, 0.717) is 18.2 Å². The van der Waals surface area contributed by atoms with Crippen LogP contribution in [0.15, 0.2) is 23.1 Å². The van der Waals surface area contributed by atoms with Gasteiger partial charge in [0.1, 0.15) is 0 Å². The first kappa shape index (κ1) is 21.9. The molecule has 0 bridgehead atoms. The monoisotopic (exact) mass is 395 g/mol. The van der Waals surface area contributed by atoms with Gasteiger partial charge in [-0.3, -0.25) is 4.79 Å². The Labute approximate surface area is 163 Å². The van der Waals surface area contributed by atoms with E-state index >= 15 is 0 Å². The quantitative estimate of drug-likeness (QED) is 0.629. The molecule has 2 N–H and O–H groups in total. The third kappa shape index (κ3) is 6.90. The third-order valence-corrected chi connectivity index (χ3v) is 6.77. The molecule has 0 saturated carbocycles. The lowest BCUT2D eigenvalue weighted by Gasteiger charge is -2.33. The molecule has 1 aliphatic heterocycles. The van der Waals surface area contributed by atoms with Crippen molar-refractivity contribution in [1.29, 1.82) is 0 Å². The van der Waals surface area contributed by atoms with Gasteiger partial charge in [-0.2, -0.15) is 0 Å². The maximum Gasteiger partial charge on any atom is 0.240 e. The molecule has 1 atom stereocenters. The number of sulfonamides is 1. The van der Waals surface area contributed by atoms with Crippen LogP contribution in [0.25, 0.3) is 0 Å². The summed E-state index contributed by atoms with van der Waals surface area (Å²) in [6.45, 7) is 8.84. The van der Waals surface area contributed by atoms with Gasteiger partial charge in [0.2, 0.25) is 15.9 Å². The molecule has 1 aromatic carbocycles. The van der Waals surface area contributed by atoms with Gasteiger partial charge in [-0.1, -0.05) is 24.1 Å². The minimum Gasteiger partial charge on any atom is -0.356 e. The normalized spacial score (nSPS) is 18.4. The van der Waals surface area contributed by atoms with E-state index in [2.05, 4.69) is 21.9 Å². The van der Waals surface area contributed by atoms with E-state index in [1.165, 1.54) is 19.3 Å². The molecule has 1 heterocycles. The lowest BCUT2D eigenvalue weighted by atomic mass is 10.0. The van der Waals surface area contributed by atoms with Gasteiger partial charge in [-0.05, 0) is 58.2 Å². The number of likely N-dealkylation sites (tertiary alicyclic amines) is 1. The number of aryl methyl sites for hydroxylation is 2. The largest absolute Gasteiger partial charge is 0.356 e. The molecule has 0 spiro atoms. The minimum absolute atomic E-state index is 0.102. The molecule has 1 aromatic rings. The highest BCUT2D eigenvalue weighted by molar-refractivity contribution is 7.89. The van der Waals surface area contributed by atoms with Crippen molar-refractivity contribution in [2.24, 2.45) is 0 Å². The van der Waals surface area contributed by atoms with Gasteiger partial charge >= 0.3 is 0 Å². The summed E-state index contributed by atoms with van der Waals surface area (Å²) < 4.78 is 27.2. The predicted octanol–water partition coefficient (Wildman–Crippen LogP) is 2.35. The molecule has 1 unspecified atom stereocenters. The van der Waals surface area contributed by atoms with Crippen molar-refractivity contribution in [3.05, 3.63) is 29.3 Å². The number of hydrogen-bond donors (Lipinski definition) is 2. The topological polar surface area (TPSA) is 78.5 Å². The highest BCUT2D eigenvalue weighted by Crippen LogP contribution is 2.17. The van der Waals surface area contributed by atoms with Gasteiger partial charge in [-0.15, -0.1) is 0 Å². The van der Waals surface area contributed by atoms with Crippen molar-refractivity contribution in [3.63, 3.8) is 0 Å². The van der Waals surface area contributed by atoms with Crippen molar-refractivity contribution < 1.29 is 13.2 Å². The van der Waals surface area contributed by atoms with Crippen LogP contribution in [0.5, 0.6) is 0 Å². The van der Waals surface area contributed by atoms with Gasteiger partial charge in [0, 0.05) is 32.1 Å². The van der Waals surface area contributed by atoms with Gasteiger partial charge in [-0.25, -0.2) is 13.1 Å². The first-order chi connectivity index (χ1) is 12.8. The highest BCUT2D eigenvalue weighted by Gasteiger charge is 2.18. The standard InChI is InChI=1S/C20H33N3O3S/c1-16-8-9-19(17(2)15-16)27(25,26)22-12-10-20(24)21-11-6-14-23-13-5-4-7-18(23)3/h8-9,15,18,22H,4-7,10-14H2,1-3H3,(H,21,24). The number of benzene rings is 1. The van der Waals surface area contributed by atoms with Crippen molar-refractivity contribution in [2.45, 2.75) is 63.8 Å². The highest BCUT2D eigenvalue weighted by atomic mass is 32.2. The first-order valence-corrected chi connectivity index (χ1v) is 11.4. The fraction of sp³-hybridized carbons (Fsp3) is 0.650. The molecule has 152 valence electrons. The molecule has 0 radical (unpaired) electrons. The maximum atomic E-state index is 12.4. The maximum absolute atomic E-state index is 12.4. The van der Waals surface area contributed by atoms with Crippen LogP contribution in [0.3, 0.4) is 0 Å². The zero-order chi connectivity index (χ0) is 19.9. The second-order valence-electron chi connectivity index (χ2n) is 7.50. The Morgan fingerprint density at radius 1 is 1.22 bits per heavy atom. The Bertz CT molecular complexity index is 734. The smallest absolute Gasteiger partial charge is 0.240 e. The van der Waals surface area contributed by atoms with E-state index in [0.717, 1.165) is 25.1 Å². The van der Waals surface area contributed by atoms with Crippen LogP contribution < -0.4 is 10.0 Å². The van der Waals surface area contributed by atoms with Crippen LogP contribution >= 0.6 is 0 Å². The van der Waals surface area contributed by atoms with E-state index < -0.39 is 10.0 Å². The van der Waals surface area contributed by atoms with Crippen LogP contribution in [0.4, 0.5) is 0 Å². The molecule has 0 aliphatic carbocycles. The summed E-state index contributed by atoms with van der Waals surface area (Å²) in [5.74, 6) is -0.120. The van der Waals surface area contributed by atoms with E-state index in [4.69, 9.17) is 0 Å². The minimum atomic E-state index is -3.59. The van der Waals surface area contributed by atoms with Crippen LogP contribution in [0, 0.1) is 13.8 Å². The molecule has 6 nitrogen and oxygen atoms in total. The van der Waals surface area contributed by atoms with Crippen LogP contribution in [0.2, 0.25) is 0 Å². The third-order valence-electron chi connectivity index (χ3n) is 5.15. The van der Waals surface area contributed by atoms with E-state index in [-0.39, 0.29) is 23.8 Å². The van der Waals surface area contributed by atoms with E-state index in [1.54, 1.807) is 19.1 Å². The first-order valence-electron chi connectivity index (χ1n) is 9.87. The number of carbonyl (C=O) groups excluding carboxylic acids is 1. The Hall–Kier alpha value is -1.44. The van der Waals surface area contributed by atoms with Gasteiger partial charge in [0.25, 0.3) is 0 Å². The zero-order valence-electron chi connectivity index (χ0n) is 16.8. The van der Waals surface area contributed by atoms with Gasteiger partial charge in [0.15, 0.2) is 0 Å². The Kier molecular flexibility index (Phi) is 8.26. The number of amides is 1. The summed E-state index contributed by atoms with van der Waals surface area (Å²) in [7, 11) is -3.59. The zero-order valence-corrected chi connectivity index (χ0v) is 17.6. The lowest BCUT2D eigenvalue weighted by molar-refractivity contribution is -0.120. The number of piperidine rings is 1. The fourth-order valence-corrected chi connectivity index (χ4v) is 4.82. The fourth-order valence-electron chi connectivity index (χ4n) is 3.57. The molecule has 1 saturated heterocycles. The molecular formula is C20H33N3O3S. The SMILES string of the molecule is Cc1ccc(S(=O)(=O)NCCC(=O)NCCCN2CCCCC2C)c(C)c1. The Balaban J connectivity index is 1.66. The van der Waals surface area contributed by atoms with Gasteiger partial charge in [0.05, 0.1) is 4.90 Å². The summed E-state index contributed by atoms with van der Waals surface area (Å²) in [6, 6.07) is 5.85. The molecule has 2 rings (SSSR count). The molecule has 7 heteroatoms. The average molecular weight is 396 g/mol. The second kappa shape index (κ2) is 10.2. The van der Waals surface area contributed by atoms with Crippen molar-refractivity contribution in [2.75, 3.05) is 26.2 Å². The summed E-state index contributed by atoms with van der Waals surface area (Å²) in [4.78, 5) is 14.7. The second-order valence-corrected chi connectivity index (χ2v) is 9.24.